The number of amides is 1. The van der Waals surface area contributed by atoms with Gasteiger partial charge in [0.15, 0.2) is 0 Å². The minimum atomic E-state index is -0.797. The van der Waals surface area contributed by atoms with Crippen LogP contribution in [0.3, 0.4) is 0 Å². The number of carbonyl (C=O) groups excluding carboxylic acids is 2. The minimum Gasteiger partial charge on any atom is -0.490 e. The monoisotopic (exact) mass is 425 g/mol. The van der Waals surface area contributed by atoms with E-state index in [1.807, 2.05) is 18.2 Å². The van der Waals surface area contributed by atoms with E-state index < -0.39 is 17.9 Å². The Hall–Kier alpha value is -2.05. The predicted octanol–water partition coefficient (Wildman–Crippen LogP) is 3.84. The average Bonchev–Trinajstić information content (AvgIpc) is 2.58. The van der Waals surface area contributed by atoms with Gasteiger partial charge in [0.05, 0.1) is 10.6 Å². The highest BCUT2D eigenvalue weighted by molar-refractivity contribution is 9.10. The zero-order valence-electron chi connectivity index (χ0n) is 13.5. The Morgan fingerprint density at radius 1 is 1.16 bits per heavy atom. The zero-order chi connectivity index (χ0) is 18.2. The smallest absolute Gasteiger partial charge is 0.328 e. The summed E-state index contributed by atoms with van der Waals surface area (Å²) >= 11 is 9.30. The summed E-state index contributed by atoms with van der Waals surface area (Å²) in [5, 5.41) is 2.88. The molecular weight excluding hydrogens is 410 g/mol. The van der Waals surface area contributed by atoms with E-state index in [9.17, 15) is 9.59 Å². The van der Waals surface area contributed by atoms with Gasteiger partial charge in [0.25, 0.3) is 5.91 Å². The van der Waals surface area contributed by atoms with Crippen LogP contribution >= 0.6 is 27.5 Å². The third-order valence-electron chi connectivity index (χ3n) is 3.21. The fourth-order valence-electron chi connectivity index (χ4n) is 1.96. The Morgan fingerprint density at radius 3 is 2.64 bits per heavy atom. The van der Waals surface area contributed by atoms with E-state index in [2.05, 4.69) is 21.2 Å². The molecule has 1 unspecified atom stereocenters. The van der Waals surface area contributed by atoms with Crippen LogP contribution in [0.25, 0.3) is 0 Å². The molecule has 0 spiro atoms. The lowest BCUT2D eigenvalue weighted by atomic mass is 10.2. The number of ether oxygens (including phenoxy) is 2. The molecular formula is C18H17BrClNO4. The van der Waals surface area contributed by atoms with Crippen molar-refractivity contribution in [1.29, 1.82) is 0 Å². The first-order valence-corrected chi connectivity index (χ1v) is 8.75. The second-order valence-corrected chi connectivity index (χ2v) is 6.47. The number of hydrogen-bond donors (Lipinski definition) is 1. The molecule has 0 aliphatic heterocycles. The summed E-state index contributed by atoms with van der Waals surface area (Å²) < 4.78 is 11.5. The molecule has 25 heavy (non-hydrogen) atoms. The maximum Gasteiger partial charge on any atom is 0.328 e. The van der Waals surface area contributed by atoms with Crippen molar-refractivity contribution in [2.75, 3.05) is 13.2 Å². The molecule has 0 heterocycles. The van der Waals surface area contributed by atoms with Crippen LogP contribution in [-0.2, 0) is 9.53 Å². The van der Waals surface area contributed by atoms with Crippen molar-refractivity contribution < 1.29 is 19.1 Å². The number of esters is 1. The Labute approximate surface area is 159 Å². The van der Waals surface area contributed by atoms with Crippen molar-refractivity contribution in [3.05, 3.63) is 63.6 Å². The first-order chi connectivity index (χ1) is 12.0. The lowest BCUT2D eigenvalue weighted by Gasteiger charge is -2.14. The normalized spacial score (nSPS) is 11.5. The topological polar surface area (TPSA) is 64.6 Å². The van der Waals surface area contributed by atoms with Crippen molar-refractivity contribution in [2.24, 2.45) is 0 Å². The van der Waals surface area contributed by atoms with E-state index in [0.29, 0.717) is 16.3 Å². The molecule has 0 aromatic heterocycles. The molecule has 2 aromatic rings. The summed E-state index contributed by atoms with van der Waals surface area (Å²) in [6.45, 7) is 1.84. The summed E-state index contributed by atoms with van der Waals surface area (Å²) in [6.07, 6.45) is 0. The largest absolute Gasteiger partial charge is 0.490 e. The van der Waals surface area contributed by atoms with Gasteiger partial charge >= 0.3 is 5.97 Å². The number of nitrogens with one attached hydrogen (secondary N) is 1. The minimum absolute atomic E-state index is 0.0810. The van der Waals surface area contributed by atoms with Crippen molar-refractivity contribution in [2.45, 2.75) is 13.0 Å². The standard InChI is InChI=1S/C18H17BrClNO4/c1-12(21-17(22)15-7-2-3-8-16(15)20)18(23)25-10-9-24-14-6-4-5-13(19)11-14/h2-8,11-12H,9-10H2,1H3,(H,21,22). The van der Waals surface area contributed by atoms with Crippen LogP contribution in [-0.4, -0.2) is 31.1 Å². The molecule has 132 valence electrons. The van der Waals surface area contributed by atoms with Crippen molar-refractivity contribution in [1.82, 2.24) is 5.32 Å². The molecule has 7 heteroatoms. The summed E-state index contributed by atoms with van der Waals surface area (Å²) in [7, 11) is 0. The fourth-order valence-corrected chi connectivity index (χ4v) is 2.56. The van der Waals surface area contributed by atoms with Crippen LogP contribution < -0.4 is 10.1 Å². The third kappa shape index (κ3) is 6.07. The summed E-state index contributed by atoms with van der Waals surface area (Å²) in [4.78, 5) is 24.0. The van der Waals surface area contributed by atoms with E-state index in [1.54, 1.807) is 37.3 Å². The van der Waals surface area contributed by atoms with Gasteiger partial charge in [0, 0.05) is 4.47 Å². The average molecular weight is 427 g/mol. The van der Waals surface area contributed by atoms with Crippen LogP contribution in [0.15, 0.2) is 53.0 Å². The molecule has 0 saturated carbocycles. The highest BCUT2D eigenvalue weighted by atomic mass is 79.9. The molecule has 0 bridgehead atoms. The molecule has 5 nitrogen and oxygen atoms in total. The molecule has 2 rings (SSSR count). The number of hydrogen-bond acceptors (Lipinski definition) is 4. The molecule has 0 radical (unpaired) electrons. The Kier molecular flexibility index (Phi) is 7.28. The van der Waals surface area contributed by atoms with Crippen LogP contribution in [0, 0.1) is 0 Å². The third-order valence-corrected chi connectivity index (χ3v) is 4.03. The van der Waals surface area contributed by atoms with E-state index >= 15 is 0 Å². The molecule has 1 N–H and O–H groups in total. The van der Waals surface area contributed by atoms with E-state index in [0.717, 1.165) is 4.47 Å². The summed E-state index contributed by atoms with van der Waals surface area (Å²) in [5.74, 6) is -0.302. The maximum atomic E-state index is 12.1. The highest BCUT2D eigenvalue weighted by Crippen LogP contribution is 2.17. The van der Waals surface area contributed by atoms with E-state index in [-0.39, 0.29) is 13.2 Å². The second kappa shape index (κ2) is 9.44. The highest BCUT2D eigenvalue weighted by Gasteiger charge is 2.19. The number of halogens is 2. The second-order valence-electron chi connectivity index (χ2n) is 5.15. The van der Waals surface area contributed by atoms with Crippen molar-refractivity contribution in [3.63, 3.8) is 0 Å². The van der Waals surface area contributed by atoms with Gasteiger partial charge in [-0.15, -0.1) is 0 Å². The lowest BCUT2D eigenvalue weighted by molar-refractivity contribution is -0.146. The Morgan fingerprint density at radius 2 is 1.92 bits per heavy atom. The lowest BCUT2D eigenvalue weighted by Crippen LogP contribution is -2.40. The van der Waals surface area contributed by atoms with Crippen molar-refractivity contribution >= 4 is 39.4 Å². The maximum absolute atomic E-state index is 12.1. The molecule has 0 aliphatic rings. The van der Waals surface area contributed by atoms with Gasteiger partial charge in [-0.3, -0.25) is 4.79 Å². The van der Waals surface area contributed by atoms with Crippen LogP contribution in [0.4, 0.5) is 0 Å². The number of rotatable bonds is 7. The van der Waals surface area contributed by atoms with Crippen LogP contribution in [0.5, 0.6) is 5.75 Å². The van der Waals surface area contributed by atoms with E-state index in [4.69, 9.17) is 21.1 Å². The van der Waals surface area contributed by atoms with Gasteiger partial charge in [-0.25, -0.2) is 4.79 Å². The van der Waals surface area contributed by atoms with Gasteiger partial charge in [0.2, 0.25) is 0 Å². The van der Waals surface area contributed by atoms with E-state index in [1.165, 1.54) is 0 Å². The fraction of sp³-hybridized carbons (Fsp3) is 0.222. The van der Waals surface area contributed by atoms with Crippen LogP contribution in [0.1, 0.15) is 17.3 Å². The number of carbonyl (C=O) groups is 2. The molecule has 0 aliphatic carbocycles. The van der Waals surface area contributed by atoms with Gasteiger partial charge in [0.1, 0.15) is 25.0 Å². The first kappa shape index (κ1) is 19.3. The zero-order valence-corrected chi connectivity index (χ0v) is 15.8. The molecule has 1 atom stereocenters. The summed E-state index contributed by atoms with van der Waals surface area (Å²) in [5.41, 5.74) is 0.307. The van der Waals surface area contributed by atoms with Crippen molar-refractivity contribution in [3.8, 4) is 5.75 Å². The predicted molar refractivity (Wildman–Crippen MR) is 99.0 cm³/mol. The Balaban J connectivity index is 1.75. The van der Waals surface area contributed by atoms with Gasteiger partial charge < -0.3 is 14.8 Å². The van der Waals surface area contributed by atoms with Gasteiger partial charge in [-0.05, 0) is 37.3 Å². The quantitative estimate of drug-likeness (QED) is 0.540. The van der Waals surface area contributed by atoms with Gasteiger partial charge in [-0.2, -0.15) is 0 Å². The molecule has 1 amide bonds. The van der Waals surface area contributed by atoms with Crippen LogP contribution in [0.2, 0.25) is 5.02 Å². The molecule has 2 aromatic carbocycles. The number of benzene rings is 2. The first-order valence-electron chi connectivity index (χ1n) is 7.58. The summed E-state index contributed by atoms with van der Waals surface area (Å²) in [6, 6.07) is 13.2. The molecule has 0 fully saturated rings. The SMILES string of the molecule is CC(NC(=O)c1ccccc1Cl)C(=O)OCCOc1cccc(Br)c1. The Bertz CT molecular complexity index is 753. The molecule has 0 saturated heterocycles. The van der Waals surface area contributed by atoms with Gasteiger partial charge in [-0.1, -0.05) is 45.7 Å².